The van der Waals surface area contributed by atoms with Gasteiger partial charge in [-0.3, -0.25) is 4.68 Å². The third-order valence-corrected chi connectivity index (χ3v) is 2.60. The normalized spacial score (nSPS) is 10.7. The molecule has 0 aliphatic rings. The first-order chi connectivity index (χ1) is 7.70. The van der Waals surface area contributed by atoms with Crippen LogP contribution in [-0.4, -0.2) is 9.78 Å². The summed E-state index contributed by atoms with van der Waals surface area (Å²) in [5.41, 5.74) is 7.89. The minimum absolute atomic E-state index is 0.224. The molecule has 0 fully saturated rings. The number of nitrogens with two attached hydrogens (primary N) is 1. The Balaban J connectivity index is 2.25. The van der Waals surface area contributed by atoms with Crippen molar-refractivity contribution in [1.82, 2.24) is 9.78 Å². The number of rotatable bonds is 3. The molecule has 3 nitrogen and oxygen atoms in total. The molecule has 0 amide bonds. The molecular formula is C12H14FN3. The van der Waals surface area contributed by atoms with Crippen molar-refractivity contribution in [2.45, 2.75) is 20.0 Å². The van der Waals surface area contributed by atoms with Gasteiger partial charge < -0.3 is 5.73 Å². The largest absolute Gasteiger partial charge is 0.326 e. The maximum absolute atomic E-state index is 13.7. The Kier molecular flexibility index (Phi) is 3.01. The van der Waals surface area contributed by atoms with Crippen molar-refractivity contribution in [2.24, 2.45) is 5.73 Å². The molecule has 84 valence electrons. The number of hydrogen-bond acceptors (Lipinski definition) is 2. The highest BCUT2D eigenvalue weighted by atomic mass is 19.1. The molecular weight excluding hydrogens is 205 g/mol. The predicted molar refractivity (Wildman–Crippen MR) is 60.4 cm³/mol. The Morgan fingerprint density at radius 2 is 2.19 bits per heavy atom. The molecule has 0 aliphatic heterocycles. The lowest BCUT2D eigenvalue weighted by molar-refractivity contribution is 0.578. The van der Waals surface area contributed by atoms with Gasteiger partial charge in [0.2, 0.25) is 0 Å². The van der Waals surface area contributed by atoms with Crippen molar-refractivity contribution >= 4 is 0 Å². The third kappa shape index (κ3) is 2.12. The van der Waals surface area contributed by atoms with Gasteiger partial charge >= 0.3 is 0 Å². The molecule has 4 heteroatoms. The van der Waals surface area contributed by atoms with Gasteiger partial charge in [-0.25, -0.2) is 4.39 Å². The summed E-state index contributed by atoms with van der Waals surface area (Å²) in [6, 6.07) is 6.98. The zero-order valence-electron chi connectivity index (χ0n) is 9.15. The van der Waals surface area contributed by atoms with Gasteiger partial charge in [0.15, 0.2) is 0 Å². The molecule has 0 spiro atoms. The molecule has 2 aromatic rings. The summed E-state index contributed by atoms with van der Waals surface area (Å²) in [4.78, 5) is 0. The first kappa shape index (κ1) is 10.8. The van der Waals surface area contributed by atoms with Gasteiger partial charge in [0.05, 0.1) is 6.54 Å². The van der Waals surface area contributed by atoms with E-state index in [9.17, 15) is 4.39 Å². The number of aromatic nitrogens is 2. The number of benzene rings is 1. The highest BCUT2D eigenvalue weighted by Gasteiger charge is 2.05. The summed E-state index contributed by atoms with van der Waals surface area (Å²) < 4.78 is 15.4. The molecule has 1 heterocycles. The summed E-state index contributed by atoms with van der Waals surface area (Å²) in [5.74, 6) is -0.224. The van der Waals surface area contributed by atoms with Crippen LogP contribution in [0, 0.1) is 12.7 Å². The average Bonchev–Trinajstić information content (AvgIpc) is 2.67. The van der Waals surface area contributed by atoms with Crippen LogP contribution in [0.3, 0.4) is 0 Å². The maximum Gasteiger partial charge on any atom is 0.128 e. The topological polar surface area (TPSA) is 43.8 Å². The van der Waals surface area contributed by atoms with E-state index in [1.807, 2.05) is 19.1 Å². The van der Waals surface area contributed by atoms with E-state index in [0.717, 1.165) is 11.3 Å². The summed E-state index contributed by atoms with van der Waals surface area (Å²) >= 11 is 0. The van der Waals surface area contributed by atoms with Crippen molar-refractivity contribution < 1.29 is 4.39 Å². The fourth-order valence-corrected chi connectivity index (χ4v) is 1.57. The highest BCUT2D eigenvalue weighted by Crippen LogP contribution is 2.12. The van der Waals surface area contributed by atoms with E-state index in [1.165, 1.54) is 6.07 Å². The van der Waals surface area contributed by atoms with E-state index in [1.54, 1.807) is 16.9 Å². The Morgan fingerprint density at radius 1 is 1.38 bits per heavy atom. The molecule has 0 unspecified atom stereocenters. The third-order valence-electron chi connectivity index (χ3n) is 2.60. The second kappa shape index (κ2) is 4.45. The number of hydrogen-bond donors (Lipinski definition) is 1. The van der Waals surface area contributed by atoms with Crippen molar-refractivity contribution in [3.8, 4) is 0 Å². The first-order valence-electron chi connectivity index (χ1n) is 5.16. The van der Waals surface area contributed by atoms with E-state index in [0.29, 0.717) is 18.7 Å². The number of nitrogens with zero attached hydrogens (tertiary/aromatic N) is 2. The standard InChI is InChI=1S/C12H14FN3/c1-9-4-5-15-16(9)8-11-3-2-10(7-14)6-12(11)13/h2-6H,7-8,14H2,1H3. The van der Waals surface area contributed by atoms with Gasteiger partial charge in [-0.05, 0) is 24.6 Å². The molecule has 0 aliphatic carbocycles. The Hall–Kier alpha value is -1.68. The van der Waals surface area contributed by atoms with Crippen LogP contribution in [-0.2, 0) is 13.1 Å². The predicted octanol–water partition coefficient (Wildman–Crippen LogP) is 1.84. The van der Waals surface area contributed by atoms with Crippen LogP contribution in [0.15, 0.2) is 30.5 Å². The van der Waals surface area contributed by atoms with E-state index in [4.69, 9.17) is 5.73 Å². The average molecular weight is 219 g/mol. The zero-order chi connectivity index (χ0) is 11.5. The number of halogens is 1. The molecule has 2 rings (SSSR count). The van der Waals surface area contributed by atoms with Crippen LogP contribution in [0.4, 0.5) is 4.39 Å². The summed E-state index contributed by atoms with van der Waals surface area (Å²) in [6.07, 6.45) is 1.71. The van der Waals surface area contributed by atoms with Gasteiger partial charge in [-0.2, -0.15) is 5.10 Å². The second-order valence-electron chi connectivity index (χ2n) is 3.76. The molecule has 0 atom stereocenters. The lowest BCUT2D eigenvalue weighted by atomic mass is 10.1. The lowest BCUT2D eigenvalue weighted by Gasteiger charge is -2.07. The molecule has 0 bridgehead atoms. The van der Waals surface area contributed by atoms with Gasteiger partial charge in [0, 0.05) is 24.0 Å². The quantitative estimate of drug-likeness (QED) is 0.856. The molecule has 1 aromatic carbocycles. The van der Waals surface area contributed by atoms with Gasteiger partial charge in [-0.15, -0.1) is 0 Å². The lowest BCUT2D eigenvalue weighted by Crippen LogP contribution is -2.06. The first-order valence-corrected chi connectivity index (χ1v) is 5.16. The van der Waals surface area contributed by atoms with Crippen molar-refractivity contribution in [3.05, 3.63) is 53.1 Å². The molecule has 0 radical (unpaired) electrons. The van der Waals surface area contributed by atoms with Gasteiger partial charge in [0.25, 0.3) is 0 Å². The number of aryl methyl sites for hydroxylation is 1. The van der Waals surface area contributed by atoms with E-state index in [2.05, 4.69) is 5.10 Å². The minimum atomic E-state index is -0.224. The SMILES string of the molecule is Cc1ccnn1Cc1ccc(CN)cc1F. The Bertz CT molecular complexity index is 491. The fraction of sp³-hybridized carbons (Fsp3) is 0.250. The van der Waals surface area contributed by atoms with E-state index < -0.39 is 0 Å². The van der Waals surface area contributed by atoms with Crippen LogP contribution in [0.25, 0.3) is 0 Å². The molecule has 16 heavy (non-hydrogen) atoms. The molecule has 0 saturated carbocycles. The van der Waals surface area contributed by atoms with E-state index in [-0.39, 0.29) is 5.82 Å². The van der Waals surface area contributed by atoms with Crippen LogP contribution in [0.1, 0.15) is 16.8 Å². The van der Waals surface area contributed by atoms with Crippen LogP contribution in [0.2, 0.25) is 0 Å². The van der Waals surface area contributed by atoms with E-state index >= 15 is 0 Å². The van der Waals surface area contributed by atoms with Crippen LogP contribution in [0.5, 0.6) is 0 Å². The van der Waals surface area contributed by atoms with Crippen molar-refractivity contribution in [2.75, 3.05) is 0 Å². The smallest absolute Gasteiger partial charge is 0.128 e. The van der Waals surface area contributed by atoms with Crippen molar-refractivity contribution in [3.63, 3.8) is 0 Å². The summed E-state index contributed by atoms with van der Waals surface area (Å²) in [6.45, 7) is 2.76. The zero-order valence-corrected chi connectivity index (χ0v) is 9.15. The fourth-order valence-electron chi connectivity index (χ4n) is 1.57. The minimum Gasteiger partial charge on any atom is -0.326 e. The Labute approximate surface area is 93.7 Å². The van der Waals surface area contributed by atoms with Crippen LogP contribution < -0.4 is 5.73 Å². The Morgan fingerprint density at radius 3 is 2.75 bits per heavy atom. The highest BCUT2D eigenvalue weighted by molar-refractivity contribution is 5.24. The van der Waals surface area contributed by atoms with Gasteiger partial charge in [0.1, 0.15) is 5.82 Å². The van der Waals surface area contributed by atoms with Crippen LogP contribution >= 0.6 is 0 Å². The summed E-state index contributed by atoms with van der Waals surface area (Å²) in [7, 11) is 0. The maximum atomic E-state index is 13.7. The molecule has 2 N–H and O–H groups in total. The molecule has 0 saturated heterocycles. The van der Waals surface area contributed by atoms with Crippen molar-refractivity contribution in [1.29, 1.82) is 0 Å². The summed E-state index contributed by atoms with van der Waals surface area (Å²) in [5, 5.41) is 4.12. The monoisotopic (exact) mass is 219 g/mol. The van der Waals surface area contributed by atoms with Gasteiger partial charge in [-0.1, -0.05) is 12.1 Å². The molecule has 1 aromatic heterocycles. The second-order valence-corrected chi connectivity index (χ2v) is 3.76.